The fourth-order valence-corrected chi connectivity index (χ4v) is 3.01. The second kappa shape index (κ2) is 5.41. The van der Waals surface area contributed by atoms with Crippen LogP contribution in [0.5, 0.6) is 11.5 Å². The number of ether oxygens (including phenoxy) is 2. The standard InChI is InChI=1S/C18H18NO2/c1-3-7-15-13(5-1)9-11-17(20-15)19-18-12-10-14-6-2-4-8-16(14)21-18/h1-8,17-18H,9-12H2. The van der Waals surface area contributed by atoms with Gasteiger partial charge >= 0.3 is 0 Å². The van der Waals surface area contributed by atoms with Crippen molar-refractivity contribution in [2.45, 2.75) is 38.1 Å². The second-order valence-corrected chi connectivity index (χ2v) is 5.59. The van der Waals surface area contributed by atoms with E-state index in [0.717, 1.165) is 37.2 Å². The molecule has 0 amide bonds. The van der Waals surface area contributed by atoms with Crippen LogP contribution in [0.4, 0.5) is 0 Å². The molecule has 2 aliphatic heterocycles. The van der Waals surface area contributed by atoms with Gasteiger partial charge in [0.2, 0.25) is 0 Å². The van der Waals surface area contributed by atoms with Crippen LogP contribution in [0.2, 0.25) is 0 Å². The number of benzene rings is 2. The Morgan fingerprint density at radius 3 is 1.71 bits per heavy atom. The van der Waals surface area contributed by atoms with Gasteiger partial charge in [0.15, 0.2) is 12.5 Å². The molecule has 3 nitrogen and oxygen atoms in total. The summed E-state index contributed by atoms with van der Waals surface area (Å²) in [6.45, 7) is 0. The van der Waals surface area contributed by atoms with E-state index >= 15 is 0 Å². The number of hydrogen-bond acceptors (Lipinski definition) is 2. The van der Waals surface area contributed by atoms with Gasteiger partial charge < -0.3 is 9.47 Å². The molecule has 2 aromatic rings. The number of rotatable bonds is 2. The Morgan fingerprint density at radius 2 is 1.19 bits per heavy atom. The van der Waals surface area contributed by atoms with E-state index in [2.05, 4.69) is 24.3 Å². The van der Waals surface area contributed by atoms with Crippen LogP contribution in [-0.2, 0) is 12.8 Å². The normalized spacial score (nSPS) is 23.4. The summed E-state index contributed by atoms with van der Waals surface area (Å²) in [6.07, 6.45) is 3.73. The Labute approximate surface area is 124 Å². The molecule has 3 heteroatoms. The first kappa shape index (κ1) is 12.7. The minimum atomic E-state index is -0.0878. The Kier molecular flexibility index (Phi) is 3.28. The SMILES string of the molecule is c1ccc2c(c1)CCC([N]C1CCc3ccccc3O1)O2. The summed E-state index contributed by atoms with van der Waals surface area (Å²) in [6, 6.07) is 16.4. The summed E-state index contributed by atoms with van der Waals surface area (Å²) in [5, 5.41) is 4.75. The zero-order chi connectivity index (χ0) is 14.1. The molecular formula is C18H18NO2. The lowest BCUT2D eigenvalue weighted by Gasteiger charge is -2.31. The van der Waals surface area contributed by atoms with Gasteiger partial charge in [-0.25, -0.2) is 0 Å². The highest BCUT2D eigenvalue weighted by Gasteiger charge is 2.27. The van der Waals surface area contributed by atoms with Gasteiger partial charge in [-0.1, -0.05) is 36.4 Å². The molecule has 0 fully saturated rings. The molecule has 0 saturated carbocycles. The lowest BCUT2D eigenvalue weighted by Crippen LogP contribution is -2.42. The molecule has 0 bridgehead atoms. The maximum Gasteiger partial charge on any atom is 0.168 e. The smallest absolute Gasteiger partial charge is 0.168 e. The molecule has 4 rings (SSSR count). The molecule has 0 N–H and O–H groups in total. The number of hydrogen-bond donors (Lipinski definition) is 0. The van der Waals surface area contributed by atoms with Crippen LogP contribution in [0, 0.1) is 0 Å². The molecule has 0 aliphatic carbocycles. The summed E-state index contributed by atoms with van der Waals surface area (Å²) in [5.41, 5.74) is 2.55. The minimum Gasteiger partial charge on any atom is -0.473 e. The third-order valence-corrected chi connectivity index (χ3v) is 4.13. The van der Waals surface area contributed by atoms with Gasteiger partial charge in [-0.15, -0.1) is 0 Å². The lowest BCUT2D eigenvalue weighted by molar-refractivity contribution is 0.0433. The van der Waals surface area contributed by atoms with Gasteiger partial charge in [0.1, 0.15) is 11.5 Å². The third-order valence-electron chi connectivity index (χ3n) is 4.13. The summed E-state index contributed by atoms with van der Waals surface area (Å²) < 4.78 is 12.0. The fraction of sp³-hybridized carbons (Fsp3) is 0.333. The van der Waals surface area contributed by atoms with Crippen molar-refractivity contribution in [1.29, 1.82) is 0 Å². The van der Waals surface area contributed by atoms with E-state index in [-0.39, 0.29) is 12.5 Å². The van der Waals surface area contributed by atoms with Crippen molar-refractivity contribution in [3.63, 3.8) is 0 Å². The molecule has 2 heterocycles. The molecule has 1 radical (unpaired) electrons. The average molecular weight is 280 g/mol. The molecule has 107 valence electrons. The molecule has 0 saturated heterocycles. The van der Waals surface area contributed by atoms with E-state index in [0.29, 0.717) is 0 Å². The van der Waals surface area contributed by atoms with E-state index in [4.69, 9.17) is 14.8 Å². The summed E-state index contributed by atoms with van der Waals surface area (Å²) >= 11 is 0. The Morgan fingerprint density at radius 1 is 0.714 bits per heavy atom. The van der Waals surface area contributed by atoms with Crippen molar-refractivity contribution in [3.05, 3.63) is 59.7 Å². The van der Waals surface area contributed by atoms with Crippen molar-refractivity contribution in [1.82, 2.24) is 5.32 Å². The van der Waals surface area contributed by atoms with E-state index in [1.54, 1.807) is 0 Å². The molecule has 0 spiro atoms. The molecule has 2 aromatic carbocycles. The van der Waals surface area contributed by atoms with E-state index < -0.39 is 0 Å². The van der Waals surface area contributed by atoms with Crippen LogP contribution in [0.1, 0.15) is 24.0 Å². The van der Waals surface area contributed by atoms with Crippen molar-refractivity contribution < 1.29 is 9.47 Å². The molecule has 2 unspecified atom stereocenters. The first-order valence-corrected chi connectivity index (χ1v) is 7.57. The first-order chi connectivity index (χ1) is 10.4. The van der Waals surface area contributed by atoms with Crippen molar-refractivity contribution >= 4 is 0 Å². The number of fused-ring (bicyclic) bond motifs is 2. The zero-order valence-corrected chi connectivity index (χ0v) is 11.9. The van der Waals surface area contributed by atoms with Crippen LogP contribution in [0.15, 0.2) is 48.5 Å². The number of nitrogens with zero attached hydrogens (tertiary/aromatic N) is 1. The second-order valence-electron chi connectivity index (χ2n) is 5.59. The Hall–Kier alpha value is -2.00. The van der Waals surface area contributed by atoms with Gasteiger partial charge in [-0.3, -0.25) is 0 Å². The van der Waals surface area contributed by atoms with E-state index in [1.807, 2.05) is 24.3 Å². The topological polar surface area (TPSA) is 32.6 Å². The van der Waals surface area contributed by atoms with E-state index in [9.17, 15) is 0 Å². The van der Waals surface area contributed by atoms with Gasteiger partial charge in [0.25, 0.3) is 0 Å². The quantitative estimate of drug-likeness (QED) is 0.845. The van der Waals surface area contributed by atoms with Gasteiger partial charge in [0.05, 0.1) is 0 Å². The molecule has 21 heavy (non-hydrogen) atoms. The van der Waals surface area contributed by atoms with Crippen LogP contribution in [0.25, 0.3) is 0 Å². The molecule has 2 atom stereocenters. The van der Waals surface area contributed by atoms with Gasteiger partial charge in [0, 0.05) is 12.8 Å². The summed E-state index contributed by atoms with van der Waals surface area (Å²) in [4.78, 5) is 0. The molecular weight excluding hydrogens is 262 g/mol. The van der Waals surface area contributed by atoms with Crippen molar-refractivity contribution in [2.75, 3.05) is 0 Å². The third kappa shape index (κ3) is 2.61. The minimum absolute atomic E-state index is 0.0878. The average Bonchev–Trinajstić information content (AvgIpc) is 2.55. The Balaban J connectivity index is 1.42. The monoisotopic (exact) mass is 280 g/mol. The molecule has 0 aromatic heterocycles. The highest BCUT2D eigenvalue weighted by Crippen LogP contribution is 2.29. The van der Waals surface area contributed by atoms with E-state index in [1.165, 1.54) is 11.1 Å². The maximum atomic E-state index is 5.98. The van der Waals surface area contributed by atoms with Crippen molar-refractivity contribution in [2.24, 2.45) is 0 Å². The zero-order valence-electron chi connectivity index (χ0n) is 11.9. The maximum absolute atomic E-state index is 5.98. The van der Waals surface area contributed by atoms with Gasteiger partial charge in [-0.05, 0) is 36.1 Å². The Bertz CT molecular complexity index is 585. The lowest BCUT2D eigenvalue weighted by atomic mass is 10.0. The largest absolute Gasteiger partial charge is 0.473 e. The van der Waals surface area contributed by atoms with Crippen molar-refractivity contribution in [3.8, 4) is 11.5 Å². The summed E-state index contributed by atoms with van der Waals surface area (Å²) in [5.74, 6) is 1.93. The number of para-hydroxylation sites is 2. The van der Waals surface area contributed by atoms with Crippen LogP contribution >= 0.6 is 0 Å². The van der Waals surface area contributed by atoms with Gasteiger partial charge in [-0.2, -0.15) is 5.32 Å². The predicted octanol–water partition coefficient (Wildman–Crippen LogP) is 3.29. The number of aryl methyl sites for hydroxylation is 2. The fourth-order valence-electron chi connectivity index (χ4n) is 3.01. The first-order valence-electron chi connectivity index (χ1n) is 7.57. The summed E-state index contributed by atoms with van der Waals surface area (Å²) in [7, 11) is 0. The highest BCUT2D eigenvalue weighted by molar-refractivity contribution is 5.36. The van der Waals surface area contributed by atoms with Crippen LogP contribution < -0.4 is 14.8 Å². The van der Waals surface area contributed by atoms with Crippen LogP contribution in [0.3, 0.4) is 0 Å². The molecule has 2 aliphatic rings. The highest BCUT2D eigenvalue weighted by atomic mass is 16.5. The predicted molar refractivity (Wildman–Crippen MR) is 80.5 cm³/mol. The van der Waals surface area contributed by atoms with Crippen LogP contribution in [-0.4, -0.2) is 12.5 Å².